The Morgan fingerprint density at radius 3 is 2.80 bits per heavy atom. The molecule has 2 aromatic heterocycles. The van der Waals surface area contributed by atoms with Gasteiger partial charge in [0.15, 0.2) is 5.16 Å². The Kier molecular flexibility index (Phi) is 3.26. The molecule has 1 aromatic carbocycles. The lowest BCUT2D eigenvalue weighted by molar-refractivity contribution is 0.948. The number of fused-ring (bicyclic) bond motifs is 1. The van der Waals surface area contributed by atoms with Gasteiger partial charge in [0.2, 0.25) is 0 Å². The largest absolute Gasteiger partial charge is 0.382 e. The Morgan fingerprint density at radius 1 is 1.10 bits per heavy atom. The number of hydrogen-bond donors (Lipinski definition) is 2. The van der Waals surface area contributed by atoms with Gasteiger partial charge < -0.3 is 5.73 Å². The predicted octanol–water partition coefficient (Wildman–Crippen LogP) is 1.86. The molecule has 0 spiro atoms. The standard InChI is InChI=1S/C13H10N6S/c14-11(15)10-5-6-16-13(19-10)20-12-8-3-1-2-4-9(8)17-7-18-12/h1-7H,(H3,14,15). The van der Waals surface area contributed by atoms with Crippen LogP contribution in [0.1, 0.15) is 5.69 Å². The van der Waals surface area contributed by atoms with Crippen molar-refractivity contribution in [1.82, 2.24) is 19.9 Å². The molecule has 0 fully saturated rings. The zero-order valence-electron chi connectivity index (χ0n) is 10.3. The Balaban J connectivity index is 2.01. The predicted molar refractivity (Wildman–Crippen MR) is 76.7 cm³/mol. The second-order valence-electron chi connectivity index (χ2n) is 3.94. The molecule has 0 saturated heterocycles. The first kappa shape index (κ1) is 12.5. The molecule has 0 atom stereocenters. The molecule has 0 unspecified atom stereocenters. The monoisotopic (exact) mass is 282 g/mol. The first-order chi connectivity index (χ1) is 9.74. The van der Waals surface area contributed by atoms with Crippen LogP contribution in [0, 0.1) is 5.41 Å². The van der Waals surface area contributed by atoms with Crippen molar-refractivity contribution in [3.05, 3.63) is 48.5 Å². The van der Waals surface area contributed by atoms with E-state index < -0.39 is 0 Å². The summed E-state index contributed by atoms with van der Waals surface area (Å²) in [7, 11) is 0. The van der Waals surface area contributed by atoms with Crippen LogP contribution in [0.4, 0.5) is 0 Å². The van der Waals surface area contributed by atoms with E-state index in [0.717, 1.165) is 15.9 Å². The average molecular weight is 282 g/mol. The number of nitrogen functional groups attached to an aromatic ring is 1. The van der Waals surface area contributed by atoms with Gasteiger partial charge in [0.25, 0.3) is 0 Å². The van der Waals surface area contributed by atoms with Crippen LogP contribution in [0.15, 0.2) is 53.0 Å². The van der Waals surface area contributed by atoms with Crippen LogP contribution in [0.2, 0.25) is 0 Å². The normalized spacial score (nSPS) is 10.6. The maximum Gasteiger partial charge on any atom is 0.194 e. The summed E-state index contributed by atoms with van der Waals surface area (Å²) in [5.41, 5.74) is 6.70. The summed E-state index contributed by atoms with van der Waals surface area (Å²) in [6.07, 6.45) is 3.09. The highest BCUT2D eigenvalue weighted by Crippen LogP contribution is 2.28. The first-order valence-electron chi connectivity index (χ1n) is 5.79. The maximum atomic E-state index is 7.40. The van der Waals surface area contributed by atoms with Crippen LogP contribution in [0.5, 0.6) is 0 Å². The Bertz CT molecular complexity index is 783. The molecule has 0 aliphatic rings. The van der Waals surface area contributed by atoms with Crippen molar-refractivity contribution in [2.24, 2.45) is 5.73 Å². The fraction of sp³-hybridized carbons (Fsp3) is 0. The van der Waals surface area contributed by atoms with Gasteiger partial charge in [0, 0.05) is 11.6 Å². The van der Waals surface area contributed by atoms with Gasteiger partial charge in [-0.3, -0.25) is 5.41 Å². The summed E-state index contributed by atoms with van der Waals surface area (Å²) < 4.78 is 0. The average Bonchev–Trinajstić information content (AvgIpc) is 2.48. The number of amidine groups is 1. The van der Waals surface area contributed by atoms with E-state index in [1.807, 2.05) is 24.3 Å². The van der Waals surface area contributed by atoms with Crippen LogP contribution in [-0.4, -0.2) is 25.8 Å². The minimum Gasteiger partial charge on any atom is -0.382 e. The number of aromatic nitrogens is 4. The fourth-order valence-electron chi connectivity index (χ4n) is 1.69. The van der Waals surface area contributed by atoms with Gasteiger partial charge in [-0.05, 0) is 23.9 Å². The second kappa shape index (κ2) is 5.22. The van der Waals surface area contributed by atoms with Crippen LogP contribution in [0.3, 0.4) is 0 Å². The van der Waals surface area contributed by atoms with Crippen molar-refractivity contribution in [2.75, 3.05) is 0 Å². The van der Waals surface area contributed by atoms with Crippen molar-refractivity contribution < 1.29 is 0 Å². The maximum absolute atomic E-state index is 7.40. The first-order valence-corrected chi connectivity index (χ1v) is 6.61. The van der Waals surface area contributed by atoms with E-state index in [9.17, 15) is 0 Å². The molecular formula is C13H10N6S. The van der Waals surface area contributed by atoms with E-state index in [1.165, 1.54) is 18.1 Å². The van der Waals surface area contributed by atoms with Gasteiger partial charge >= 0.3 is 0 Å². The number of nitrogens with one attached hydrogen (secondary N) is 1. The zero-order chi connectivity index (χ0) is 13.9. The molecule has 0 radical (unpaired) electrons. The molecule has 0 bridgehead atoms. The molecule has 0 amide bonds. The summed E-state index contributed by atoms with van der Waals surface area (Å²) in [4.78, 5) is 16.9. The van der Waals surface area contributed by atoms with E-state index in [-0.39, 0.29) is 5.84 Å². The molecule has 0 saturated carbocycles. The zero-order valence-corrected chi connectivity index (χ0v) is 11.1. The van der Waals surface area contributed by atoms with Gasteiger partial charge in [-0.1, -0.05) is 18.2 Å². The Hall–Kier alpha value is -2.54. The molecule has 98 valence electrons. The van der Waals surface area contributed by atoms with Crippen LogP contribution < -0.4 is 5.73 Å². The Morgan fingerprint density at radius 2 is 1.95 bits per heavy atom. The highest BCUT2D eigenvalue weighted by molar-refractivity contribution is 7.99. The molecular weight excluding hydrogens is 272 g/mol. The van der Waals surface area contributed by atoms with Gasteiger partial charge in [0.1, 0.15) is 22.9 Å². The molecule has 2 heterocycles. The molecule has 6 nitrogen and oxygen atoms in total. The fourth-order valence-corrected chi connectivity index (χ4v) is 2.50. The lowest BCUT2D eigenvalue weighted by Gasteiger charge is -2.04. The van der Waals surface area contributed by atoms with Crippen LogP contribution >= 0.6 is 11.8 Å². The van der Waals surface area contributed by atoms with E-state index >= 15 is 0 Å². The number of nitrogens with two attached hydrogens (primary N) is 1. The smallest absolute Gasteiger partial charge is 0.194 e. The van der Waals surface area contributed by atoms with E-state index in [4.69, 9.17) is 11.1 Å². The Labute approximate surface area is 119 Å². The van der Waals surface area contributed by atoms with Crippen LogP contribution in [-0.2, 0) is 0 Å². The summed E-state index contributed by atoms with van der Waals surface area (Å²) in [6, 6.07) is 9.34. The number of benzene rings is 1. The van der Waals surface area contributed by atoms with E-state index in [0.29, 0.717) is 10.9 Å². The minimum absolute atomic E-state index is 0.0817. The summed E-state index contributed by atoms with van der Waals surface area (Å²) >= 11 is 1.32. The van der Waals surface area contributed by atoms with Crippen molar-refractivity contribution in [2.45, 2.75) is 10.2 Å². The number of para-hydroxylation sites is 1. The van der Waals surface area contributed by atoms with Crippen molar-refractivity contribution >= 4 is 28.5 Å². The molecule has 3 N–H and O–H groups in total. The van der Waals surface area contributed by atoms with Gasteiger partial charge in [-0.15, -0.1) is 0 Å². The molecule has 20 heavy (non-hydrogen) atoms. The van der Waals surface area contributed by atoms with Crippen LogP contribution in [0.25, 0.3) is 10.9 Å². The third kappa shape index (κ3) is 2.43. The third-order valence-corrected chi connectivity index (χ3v) is 3.50. The SMILES string of the molecule is N=C(N)c1ccnc(Sc2ncnc3ccccc23)n1. The highest BCUT2D eigenvalue weighted by Gasteiger charge is 2.08. The third-order valence-electron chi connectivity index (χ3n) is 2.60. The van der Waals surface area contributed by atoms with Gasteiger partial charge in [0.05, 0.1) is 5.52 Å². The second-order valence-corrected chi connectivity index (χ2v) is 4.89. The summed E-state index contributed by atoms with van der Waals surface area (Å²) in [6.45, 7) is 0. The van der Waals surface area contributed by atoms with Gasteiger partial charge in [-0.2, -0.15) is 0 Å². The van der Waals surface area contributed by atoms with Crippen molar-refractivity contribution in [3.8, 4) is 0 Å². The number of rotatable bonds is 3. The molecule has 0 aliphatic heterocycles. The quantitative estimate of drug-likeness (QED) is 0.329. The van der Waals surface area contributed by atoms with Crippen molar-refractivity contribution in [1.29, 1.82) is 5.41 Å². The van der Waals surface area contributed by atoms with Crippen molar-refractivity contribution in [3.63, 3.8) is 0 Å². The minimum atomic E-state index is -0.0817. The number of hydrogen-bond acceptors (Lipinski definition) is 6. The molecule has 7 heteroatoms. The highest BCUT2D eigenvalue weighted by atomic mass is 32.2. The lowest BCUT2D eigenvalue weighted by Crippen LogP contribution is -2.13. The molecule has 3 rings (SSSR count). The summed E-state index contributed by atoms with van der Waals surface area (Å²) in [5.74, 6) is -0.0817. The lowest BCUT2D eigenvalue weighted by atomic mass is 10.2. The van der Waals surface area contributed by atoms with Gasteiger partial charge in [-0.25, -0.2) is 19.9 Å². The molecule has 0 aliphatic carbocycles. The van der Waals surface area contributed by atoms with E-state index in [1.54, 1.807) is 12.3 Å². The number of nitrogens with zero attached hydrogens (tertiary/aromatic N) is 4. The summed E-state index contributed by atoms with van der Waals surface area (Å²) in [5, 5.41) is 9.61. The van der Waals surface area contributed by atoms with E-state index in [2.05, 4.69) is 19.9 Å². The molecule has 3 aromatic rings. The topological polar surface area (TPSA) is 101 Å².